The maximum Gasteiger partial charge on any atom is 0.326 e. The molecular formula is C38H42FN3O8. The molecule has 50 heavy (non-hydrogen) atoms. The van der Waals surface area contributed by atoms with Crippen molar-refractivity contribution < 1.29 is 43.9 Å². The predicted molar refractivity (Wildman–Crippen MR) is 187 cm³/mol. The van der Waals surface area contributed by atoms with E-state index in [4.69, 9.17) is 4.74 Å². The average molecular weight is 688 g/mol. The highest BCUT2D eigenvalue weighted by Crippen LogP contribution is 2.38. The molecule has 0 fully saturated rings. The number of carboxylic acid groups (broad SMARTS) is 2. The molecule has 3 aromatic carbocycles. The van der Waals surface area contributed by atoms with Gasteiger partial charge in [0, 0.05) is 24.0 Å². The molecule has 0 saturated carbocycles. The van der Waals surface area contributed by atoms with E-state index in [0.717, 1.165) is 33.4 Å². The first-order valence-corrected chi connectivity index (χ1v) is 15.9. The number of halogens is 1. The molecule has 11 nitrogen and oxygen atoms in total. The zero-order valence-corrected chi connectivity index (χ0v) is 28.6. The van der Waals surface area contributed by atoms with Crippen LogP contribution in [0.15, 0.2) is 66.9 Å². The number of aliphatic hydroxyl groups is 2. The van der Waals surface area contributed by atoms with Gasteiger partial charge in [-0.1, -0.05) is 36.4 Å². The number of nitrogens with zero attached hydrogens (tertiary/aromatic N) is 1. The number of carbonyl (C=O) groups is 3. The van der Waals surface area contributed by atoms with E-state index in [2.05, 4.69) is 15.6 Å². The van der Waals surface area contributed by atoms with E-state index in [1.807, 2.05) is 44.2 Å². The number of aromatic nitrogens is 1. The van der Waals surface area contributed by atoms with Crippen LogP contribution in [0.5, 0.6) is 5.75 Å². The van der Waals surface area contributed by atoms with E-state index in [-0.39, 0.29) is 30.0 Å². The summed E-state index contributed by atoms with van der Waals surface area (Å²) in [6, 6.07) is 17.5. The molecule has 0 radical (unpaired) electrons. The molecule has 6 N–H and O–H groups in total. The summed E-state index contributed by atoms with van der Waals surface area (Å²) in [4.78, 5) is 40.5. The molecule has 1 amide bonds. The lowest BCUT2D eigenvalue weighted by atomic mass is 9.85. The first-order valence-electron chi connectivity index (χ1n) is 15.9. The fourth-order valence-electron chi connectivity index (χ4n) is 5.47. The van der Waals surface area contributed by atoms with Crippen molar-refractivity contribution in [3.05, 3.63) is 101 Å². The fraction of sp³-hybridized carbons (Fsp3) is 0.316. The highest BCUT2D eigenvalue weighted by atomic mass is 19.1. The van der Waals surface area contributed by atoms with Crippen molar-refractivity contribution in [3.8, 4) is 28.0 Å². The number of anilines is 1. The van der Waals surface area contributed by atoms with Gasteiger partial charge in [-0.15, -0.1) is 0 Å². The molecule has 1 heterocycles. The number of pyridine rings is 1. The molecule has 0 saturated heterocycles. The van der Waals surface area contributed by atoms with Crippen molar-refractivity contribution >= 4 is 23.5 Å². The summed E-state index contributed by atoms with van der Waals surface area (Å²) in [5, 5.41) is 43.5. The minimum absolute atomic E-state index is 0.122. The van der Waals surface area contributed by atoms with Crippen LogP contribution in [-0.2, 0) is 22.6 Å². The Balaban J connectivity index is 1.57. The standard InChI is InChI=1S/C38H42FN3O8/c1-22-26(25-16-30(39)29(33(17-25)50-5)19-41-38(4,21-44)36(48)49)8-6-9-27(22)28-10-7-11-31(23(28)2)42-34(45)32-13-12-24(18-40-32)14-15-37(3,20-43)35(46)47/h6-13,16-18,41,43-44H,14-15,19-21H2,1-5H3,(H,42,45)(H,46,47)(H,48,49)/t37-,38-/m0/s1. The van der Waals surface area contributed by atoms with Crippen LogP contribution in [0.1, 0.15) is 53.0 Å². The zero-order valence-electron chi connectivity index (χ0n) is 28.6. The second-order valence-corrected chi connectivity index (χ2v) is 12.8. The van der Waals surface area contributed by atoms with Crippen molar-refractivity contribution in [2.24, 2.45) is 5.41 Å². The molecule has 4 rings (SSSR count). The summed E-state index contributed by atoms with van der Waals surface area (Å²) < 4.78 is 21.0. The zero-order chi connectivity index (χ0) is 36.8. The van der Waals surface area contributed by atoms with E-state index in [9.17, 15) is 34.8 Å². The molecule has 4 aromatic rings. The quantitative estimate of drug-likeness (QED) is 0.0952. The largest absolute Gasteiger partial charge is 0.496 e. The summed E-state index contributed by atoms with van der Waals surface area (Å²) in [6.07, 6.45) is 2.11. The van der Waals surface area contributed by atoms with E-state index in [1.54, 1.807) is 24.3 Å². The van der Waals surface area contributed by atoms with Gasteiger partial charge in [0.25, 0.3) is 5.91 Å². The number of rotatable bonds is 15. The lowest BCUT2D eigenvalue weighted by Gasteiger charge is -2.24. The predicted octanol–water partition coefficient (Wildman–Crippen LogP) is 5.37. The summed E-state index contributed by atoms with van der Waals surface area (Å²) in [5.41, 5.74) is 3.33. The van der Waals surface area contributed by atoms with Gasteiger partial charge in [0.2, 0.25) is 0 Å². The van der Waals surface area contributed by atoms with Gasteiger partial charge in [-0.25, -0.2) is 4.39 Å². The fourth-order valence-corrected chi connectivity index (χ4v) is 5.47. The van der Waals surface area contributed by atoms with E-state index in [0.29, 0.717) is 17.7 Å². The number of aliphatic hydroxyl groups excluding tert-OH is 2. The molecular weight excluding hydrogens is 645 g/mol. The Morgan fingerprint density at radius 1 is 0.880 bits per heavy atom. The van der Waals surface area contributed by atoms with Gasteiger partial charge in [-0.3, -0.25) is 24.7 Å². The molecule has 0 aliphatic carbocycles. The van der Waals surface area contributed by atoms with Crippen LogP contribution in [0.3, 0.4) is 0 Å². The van der Waals surface area contributed by atoms with Crippen molar-refractivity contribution in [2.45, 2.75) is 52.6 Å². The van der Waals surface area contributed by atoms with Crippen LogP contribution in [-0.4, -0.2) is 69.1 Å². The van der Waals surface area contributed by atoms with Crippen molar-refractivity contribution in [1.29, 1.82) is 0 Å². The Labute approximate surface area is 289 Å². The van der Waals surface area contributed by atoms with Crippen molar-refractivity contribution in [1.82, 2.24) is 10.3 Å². The van der Waals surface area contributed by atoms with Gasteiger partial charge in [0.1, 0.15) is 22.8 Å². The normalized spacial score (nSPS) is 13.6. The van der Waals surface area contributed by atoms with Crippen molar-refractivity contribution in [3.63, 3.8) is 0 Å². The monoisotopic (exact) mass is 687 g/mol. The molecule has 2 atom stereocenters. The highest BCUT2D eigenvalue weighted by molar-refractivity contribution is 6.04. The summed E-state index contributed by atoms with van der Waals surface area (Å²) in [7, 11) is 1.40. The third-order valence-electron chi connectivity index (χ3n) is 9.22. The molecule has 0 aliphatic heterocycles. The Morgan fingerprint density at radius 2 is 1.54 bits per heavy atom. The van der Waals surface area contributed by atoms with Gasteiger partial charge in [-0.2, -0.15) is 0 Å². The number of carbonyl (C=O) groups excluding carboxylic acids is 1. The topological polar surface area (TPSA) is 178 Å². The summed E-state index contributed by atoms with van der Waals surface area (Å²) in [6.45, 7) is 5.23. The van der Waals surface area contributed by atoms with Crippen LogP contribution < -0.4 is 15.4 Å². The van der Waals surface area contributed by atoms with E-state index in [1.165, 1.54) is 33.2 Å². The molecule has 0 bridgehead atoms. The van der Waals surface area contributed by atoms with Crippen molar-refractivity contribution in [2.75, 3.05) is 25.6 Å². The lowest BCUT2D eigenvalue weighted by Crippen LogP contribution is -2.52. The molecule has 1 aromatic heterocycles. The average Bonchev–Trinajstić information content (AvgIpc) is 3.10. The maximum absolute atomic E-state index is 15.5. The summed E-state index contributed by atoms with van der Waals surface area (Å²) in [5.74, 6) is -3.16. The van der Waals surface area contributed by atoms with Gasteiger partial charge in [0.15, 0.2) is 0 Å². The molecule has 12 heteroatoms. The van der Waals surface area contributed by atoms with Crippen LogP contribution in [0.25, 0.3) is 22.3 Å². The number of aliphatic carboxylic acids is 2. The highest BCUT2D eigenvalue weighted by Gasteiger charge is 2.33. The molecule has 0 unspecified atom stereocenters. The number of aryl methyl sites for hydroxylation is 1. The summed E-state index contributed by atoms with van der Waals surface area (Å²) >= 11 is 0. The number of amides is 1. The number of hydrogen-bond acceptors (Lipinski definition) is 8. The Kier molecular flexibility index (Phi) is 11.7. The second kappa shape index (κ2) is 15.6. The van der Waals surface area contributed by atoms with Crippen LogP contribution in [0.4, 0.5) is 10.1 Å². The van der Waals surface area contributed by atoms with Gasteiger partial charge < -0.3 is 30.5 Å². The van der Waals surface area contributed by atoms with Crippen LogP contribution in [0.2, 0.25) is 0 Å². The van der Waals surface area contributed by atoms with E-state index < -0.39 is 47.8 Å². The minimum atomic E-state index is -1.66. The van der Waals surface area contributed by atoms with Gasteiger partial charge >= 0.3 is 11.9 Å². The Morgan fingerprint density at radius 3 is 2.12 bits per heavy atom. The van der Waals surface area contributed by atoms with Gasteiger partial charge in [0.05, 0.1) is 25.7 Å². The van der Waals surface area contributed by atoms with Crippen LogP contribution in [0, 0.1) is 25.1 Å². The first kappa shape index (κ1) is 37.6. The maximum atomic E-state index is 15.5. The SMILES string of the molecule is COc1cc(-c2cccc(-c3cccc(NC(=O)c4ccc(CC[C@@](C)(CO)C(=O)O)cn4)c3C)c2C)cc(F)c1CN[C@@](C)(CO)C(=O)O. The number of hydrogen-bond donors (Lipinski definition) is 6. The Bertz CT molecular complexity index is 1900. The number of nitrogens with one attached hydrogen (secondary N) is 2. The third kappa shape index (κ3) is 7.99. The number of benzene rings is 3. The first-order chi connectivity index (χ1) is 23.7. The van der Waals surface area contributed by atoms with Crippen LogP contribution >= 0.6 is 0 Å². The Hall–Kier alpha value is -5.17. The minimum Gasteiger partial charge on any atom is -0.496 e. The number of methoxy groups -OCH3 is 1. The molecule has 0 spiro atoms. The number of carboxylic acids is 2. The van der Waals surface area contributed by atoms with E-state index >= 15 is 4.39 Å². The number of ether oxygens (including phenoxy) is 1. The second-order valence-electron chi connectivity index (χ2n) is 12.8. The lowest BCUT2D eigenvalue weighted by molar-refractivity contribution is -0.150. The van der Waals surface area contributed by atoms with Gasteiger partial charge in [-0.05, 0) is 104 Å². The molecule has 0 aliphatic rings. The smallest absolute Gasteiger partial charge is 0.326 e. The molecule has 264 valence electrons. The third-order valence-corrected chi connectivity index (χ3v) is 9.22.